The summed E-state index contributed by atoms with van der Waals surface area (Å²) in [5.41, 5.74) is 6.59. The SMILES string of the molecule is CC(c1ccccn1)N(C)CCCN. The molecule has 0 aliphatic heterocycles. The van der Waals surface area contributed by atoms with Gasteiger partial charge in [0.05, 0.1) is 5.69 Å². The Bertz CT molecular complexity index is 248. The maximum Gasteiger partial charge on any atom is 0.0572 e. The molecule has 0 amide bonds. The maximum atomic E-state index is 5.47. The Kier molecular flexibility index (Phi) is 4.56. The molecule has 0 aliphatic carbocycles. The van der Waals surface area contributed by atoms with Gasteiger partial charge in [-0.05, 0) is 45.6 Å². The fraction of sp³-hybridized carbons (Fsp3) is 0.545. The summed E-state index contributed by atoms with van der Waals surface area (Å²) in [6, 6.07) is 6.39. The zero-order valence-corrected chi connectivity index (χ0v) is 8.98. The van der Waals surface area contributed by atoms with Gasteiger partial charge in [-0.1, -0.05) is 6.07 Å². The van der Waals surface area contributed by atoms with Crippen molar-refractivity contribution >= 4 is 0 Å². The summed E-state index contributed by atoms with van der Waals surface area (Å²) in [5, 5.41) is 0. The summed E-state index contributed by atoms with van der Waals surface area (Å²) in [7, 11) is 2.11. The lowest BCUT2D eigenvalue weighted by molar-refractivity contribution is 0.255. The van der Waals surface area contributed by atoms with Gasteiger partial charge in [0.25, 0.3) is 0 Å². The summed E-state index contributed by atoms with van der Waals surface area (Å²) >= 11 is 0. The summed E-state index contributed by atoms with van der Waals surface area (Å²) in [4.78, 5) is 6.61. The number of pyridine rings is 1. The largest absolute Gasteiger partial charge is 0.330 e. The zero-order chi connectivity index (χ0) is 10.4. The van der Waals surface area contributed by atoms with E-state index in [1.165, 1.54) is 0 Å². The van der Waals surface area contributed by atoms with E-state index in [0.717, 1.165) is 25.2 Å². The predicted octanol–water partition coefficient (Wildman–Crippen LogP) is 1.42. The van der Waals surface area contributed by atoms with E-state index in [0.29, 0.717) is 6.04 Å². The van der Waals surface area contributed by atoms with Crippen LogP contribution in [0.3, 0.4) is 0 Å². The normalized spacial score (nSPS) is 13.1. The van der Waals surface area contributed by atoms with Gasteiger partial charge in [-0.15, -0.1) is 0 Å². The van der Waals surface area contributed by atoms with Crippen LogP contribution in [0.2, 0.25) is 0 Å². The van der Waals surface area contributed by atoms with Crippen LogP contribution < -0.4 is 5.73 Å². The molecule has 78 valence electrons. The summed E-state index contributed by atoms with van der Waals surface area (Å²) < 4.78 is 0. The van der Waals surface area contributed by atoms with Gasteiger partial charge in [0.1, 0.15) is 0 Å². The molecule has 1 heterocycles. The Labute approximate surface area is 85.9 Å². The highest BCUT2D eigenvalue weighted by Crippen LogP contribution is 2.15. The van der Waals surface area contributed by atoms with Gasteiger partial charge in [0.2, 0.25) is 0 Å². The highest BCUT2D eigenvalue weighted by molar-refractivity contribution is 5.07. The van der Waals surface area contributed by atoms with Gasteiger partial charge in [-0.3, -0.25) is 9.88 Å². The minimum absolute atomic E-state index is 0.364. The standard InChI is InChI=1S/C11H19N3/c1-10(14(2)9-5-7-12)11-6-3-4-8-13-11/h3-4,6,8,10H,5,7,9,12H2,1-2H3. The fourth-order valence-electron chi connectivity index (χ4n) is 1.38. The van der Waals surface area contributed by atoms with Gasteiger partial charge >= 0.3 is 0 Å². The summed E-state index contributed by atoms with van der Waals surface area (Å²) in [6.07, 6.45) is 2.87. The maximum absolute atomic E-state index is 5.47. The van der Waals surface area contributed by atoms with Crippen molar-refractivity contribution in [3.8, 4) is 0 Å². The van der Waals surface area contributed by atoms with Crippen molar-refractivity contribution in [3.05, 3.63) is 30.1 Å². The number of nitrogens with zero attached hydrogens (tertiary/aromatic N) is 2. The van der Waals surface area contributed by atoms with Crippen LogP contribution in [0.15, 0.2) is 24.4 Å². The van der Waals surface area contributed by atoms with Crippen LogP contribution in [0.25, 0.3) is 0 Å². The molecule has 3 heteroatoms. The van der Waals surface area contributed by atoms with Crippen molar-refractivity contribution in [2.45, 2.75) is 19.4 Å². The number of rotatable bonds is 5. The molecule has 0 bridgehead atoms. The molecular weight excluding hydrogens is 174 g/mol. The number of aromatic nitrogens is 1. The first-order chi connectivity index (χ1) is 6.75. The molecule has 0 saturated heterocycles. The van der Waals surface area contributed by atoms with Gasteiger partial charge in [0.15, 0.2) is 0 Å². The second-order valence-electron chi connectivity index (χ2n) is 3.55. The van der Waals surface area contributed by atoms with Crippen molar-refractivity contribution in [2.75, 3.05) is 20.1 Å². The minimum atomic E-state index is 0.364. The molecule has 0 aliphatic rings. The monoisotopic (exact) mass is 193 g/mol. The smallest absolute Gasteiger partial charge is 0.0572 e. The minimum Gasteiger partial charge on any atom is -0.330 e. The van der Waals surface area contributed by atoms with Crippen LogP contribution in [0.5, 0.6) is 0 Å². The molecule has 1 unspecified atom stereocenters. The van der Waals surface area contributed by atoms with Crippen LogP contribution in [0.1, 0.15) is 25.1 Å². The van der Waals surface area contributed by atoms with Crippen molar-refractivity contribution < 1.29 is 0 Å². The fourth-order valence-corrected chi connectivity index (χ4v) is 1.38. The Morgan fingerprint density at radius 1 is 1.50 bits per heavy atom. The lowest BCUT2D eigenvalue weighted by Gasteiger charge is -2.23. The Balaban J connectivity index is 2.52. The van der Waals surface area contributed by atoms with Crippen LogP contribution >= 0.6 is 0 Å². The molecule has 2 N–H and O–H groups in total. The third kappa shape index (κ3) is 3.09. The molecule has 1 rings (SSSR count). The molecule has 0 saturated carbocycles. The molecule has 1 aromatic rings. The van der Waals surface area contributed by atoms with E-state index in [2.05, 4.69) is 29.9 Å². The van der Waals surface area contributed by atoms with Crippen molar-refractivity contribution in [3.63, 3.8) is 0 Å². The predicted molar refractivity (Wildman–Crippen MR) is 59.0 cm³/mol. The van der Waals surface area contributed by atoms with Crippen LogP contribution in [0, 0.1) is 0 Å². The molecule has 1 aromatic heterocycles. The number of nitrogens with two attached hydrogens (primary N) is 1. The van der Waals surface area contributed by atoms with Gasteiger partial charge in [-0.25, -0.2) is 0 Å². The average Bonchev–Trinajstić information content (AvgIpc) is 2.26. The van der Waals surface area contributed by atoms with E-state index in [-0.39, 0.29) is 0 Å². The van der Waals surface area contributed by atoms with Crippen LogP contribution in [-0.4, -0.2) is 30.0 Å². The number of hydrogen-bond acceptors (Lipinski definition) is 3. The Hall–Kier alpha value is -0.930. The van der Waals surface area contributed by atoms with Gasteiger partial charge < -0.3 is 5.73 Å². The van der Waals surface area contributed by atoms with E-state index < -0.39 is 0 Å². The Morgan fingerprint density at radius 3 is 2.86 bits per heavy atom. The lowest BCUT2D eigenvalue weighted by atomic mass is 10.2. The highest BCUT2D eigenvalue weighted by Gasteiger charge is 2.11. The van der Waals surface area contributed by atoms with Crippen LogP contribution in [0.4, 0.5) is 0 Å². The summed E-state index contributed by atoms with van der Waals surface area (Å²) in [6.45, 7) is 3.94. The van der Waals surface area contributed by atoms with Gasteiger partial charge in [-0.2, -0.15) is 0 Å². The van der Waals surface area contributed by atoms with E-state index in [1.54, 1.807) is 0 Å². The molecule has 3 nitrogen and oxygen atoms in total. The third-order valence-corrected chi connectivity index (χ3v) is 2.49. The first-order valence-electron chi connectivity index (χ1n) is 5.07. The third-order valence-electron chi connectivity index (χ3n) is 2.49. The molecule has 0 aromatic carbocycles. The summed E-state index contributed by atoms with van der Waals surface area (Å²) in [5.74, 6) is 0. The van der Waals surface area contributed by atoms with E-state index in [4.69, 9.17) is 5.73 Å². The average molecular weight is 193 g/mol. The molecule has 14 heavy (non-hydrogen) atoms. The molecule has 1 atom stereocenters. The second kappa shape index (κ2) is 5.73. The molecular formula is C11H19N3. The topological polar surface area (TPSA) is 42.2 Å². The van der Waals surface area contributed by atoms with Gasteiger partial charge in [0, 0.05) is 12.2 Å². The number of hydrogen-bond donors (Lipinski definition) is 1. The molecule has 0 fully saturated rings. The van der Waals surface area contributed by atoms with Crippen molar-refractivity contribution in [1.82, 2.24) is 9.88 Å². The second-order valence-corrected chi connectivity index (χ2v) is 3.55. The van der Waals surface area contributed by atoms with E-state index >= 15 is 0 Å². The van der Waals surface area contributed by atoms with E-state index in [1.807, 2.05) is 18.3 Å². The zero-order valence-electron chi connectivity index (χ0n) is 8.98. The quantitative estimate of drug-likeness (QED) is 0.769. The highest BCUT2D eigenvalue weighted by atomic mass is 15.1. The molecule has 0 radical (unpaired) electrons. The first-order valence-corrected chi connectivity index (χ1v) is 5.07. The lowest BCUT2D eigenvalue weighted by Crippen LogP contribution is -2.25. The van der Waals surface area contributed by atoms with Crippen molar-refractivity contribution in [2.24, 2.45) is 5.73 Å². The Morgan fingerprint density at radius 2 is 2.29 bits per heavy atom. The van der Waals surface area contributed by atoms with Crippen LogP contribution in [-0.2, 0) is 0 Å². The van der Waals surface area contributed by atoms with E-state index in [9.17, 15) is 0 Å². The first kappa shape index (κ1) is 11.1. The molecule has 0 spiro atoms. The van der Waals surface area contributed by atoms with Crippen molar-refractivity contribution in [1.29, 1.82) is 0 Å².